The van der Waals surface area contributed by atoms with Gasteiger partial charge in [-0.15, -0.1) is 0 Å². The third-order valence-electron chi connectivity index (χ3n) is 3.80. The first-order valence-corrected chi connectivity index (χ1v) is 8.91. The maximum Gasteiger partial charge on any atom is 0.257 e. The Kier molecular flexibility index (Phi) is 4.89. The van der Waals surface area contributed by atoms with Crippen molar-refractivity contribution in [2.75, 3.05) is 17.7 Å². The van der Waals surface area contributed by atoms with Gasteiger partial charge in [0.15, 0.2) is 5.16 Å². The van der Waals surface area contributed by atoms with E-state index in [1.807, 2.05) is 38.1 Å². The van der Waals surface area contributed by atoms with Crippen LogP contribution in [0.2, 0.25) is 0 Å². The molecule has 1 aliphatic rings. The monoisotopic (exact) mass is 345 g/mol. The molecule has 1 atom stereocenters. The van der Waals surface area contributed by atoms with Crippen molar-refractivity contribution in [2.24, 2.45) is 0 Å². The van der Waals surface area contributed by atoms with E-state index in [1.165, 1.54) is 11.8 Å². The summed E-state index contributed by atoms with van der Waals surface area (Å²) < 4.78 is 5.67. The molecular formula is C17H19N3O3S. The summed E-state index contributed by atoms with van der Waals surface area (Å²) in [7, 11) is 0. The first kappa shape index (κ1) is 16.6. The Balaban J connectivity index is 2.13. The number of nitrogens with zero attached hydrogens (tertiary/aromatic N) is 1. The highest BCUT2D eigenvalue weighted by Crippen LogP contribution is 2.38. The number of thioether (sulfide) groups is 1. The average Bonchev–Trinajstić information content (AvgIpc) is 2.55. The zero-order valence-electron chi connectivity index (χ0n) is 13.6. The highest BCUT2D eigenvalue weighted by Gasteiger charge is 2.32. The molecule has 0 unspecified atom stereocenters. The van der Waals surface area contributed by atoms with Crippen molar-refractivity contribution in [1.29, 1.82) is 0 Å². The number of ether oxygens (including phenoxy) is 1. The number of aromatic amines is 1. The number of benzene rings is 1. The highest BCUT2D eigenvalue weighted by molar-refractivity contribution is 7.99. The Morgan fingerprint density at radius 1 is 1.29 bits per heavy atom. The normalized spacial score (nSPS) is 16.4. The number of rotatable bonds is 5. The van der Waals surface area contributed by atoms with E-state index < -0.39 is 0 Å². The quantitative estimate of drug-likeness (QED) is 0.643. The number of H-pyrrole nitrogens is 1. The van der Waals surface area contributed by atoms with Crippen LogP contribution in [0.25, 0.3) is 0 Å². The number of hydrogen-bond acceptors (Lipinski definition) is 5. The van der Waals surface area contributed by atoms with Crippen molar-refractivity contribution in [2.45, 2.75) is 31.3 Å². The summed E-state index contributed by atoms with van der Waals surface area (Å²) in [5.74, 6) is 1.31. The van der Waals surface area contributed by atoms with Crippen LogP contribution in [0.4, 0.5) is 5.82 Å². The highest BCUT2D eigenvalue weighted by atomic mass is 32.2. The summed E-state index contributed by atoms with van der Waals surface area (Å²) in [5.41, 5.74) is 1.10. The molecule has 6 nitrogen and oxygen atoms in total. The molecular weight excluding hydrogens is 326 g/mol. The van der Waals surface area contributed by atoms with Crippen LogP contribution in [0.1, 0.15) is 37.3 Å². The molecule has 1 aromatic heterocycles. The second-order valence-corrected chi connectivity index (χ2v) is 6.59. The topological polar surface area (TPSA) is 84.1 Å². The molecule has 0 aliphatic carbocycles. The molecule has 2 aromatic rings. The lowest BCUT2D eigenvalue weighted by atomic mass is 9.86. The maximum atomic E-state index is 12.6. The van der Waals surface area contributed by atoms with E-state index in [0.717, 1.165) is 11.3 Å². The van der Waals surface area contributed by atoms with Crippen LogP contribution in [-0.4, -0.2) is 28.2 Å². The van der Waals surface area contributed by atoms with E-state index in [0.29, 0.717) is 28.9 Å². The summed E-state index contributed by atoms with van der Waals surface area (Å²) in [5, 5.41) is 3.24. The Hall–Kier alpha value is -2.28. The van der Waals surface area contributed by atoms with Gasteiger partial charge in [0.1, 0.15) is 11.6 Å². The van der Waals surface area contributed by atoms with Gasteiger partial charge in [-0.2, -0.15) is 0 Å². The maximum absolute atomic E-state index is 12.6. The van der Waals surface area contributed by atoms with Crippen LogP contribution >= 0.6 is 11.8 Å². The van der Waals surface area contributed by atoms with Gasteiger partial charge < -0.3 is 15.0 Å². The molecule has 7 heteroatoms. The van der Waals surface area contributed by atoms with Crippen LogP contribution in [0.3, 0.4) is 0 Å². The standard InChI is InChI=1S/C17H19N3O3S/c1-3-23-12-8-6-5-7-10(12)11-9-13(21)18-15-14(11)16(22)20-17(19-15)24-4-2/h5-8,11H,3-4,9H2,1-2H3,(H2,18,19,20,21,22)/t11-/m1/s1. The third-order valence-corrected chi connectivity index (χ3v) is 4.56. The molecule has 126 valence electrons. The molecule has 2 N–H and O–H groups in total. The lowest BCUT2D eigenvalue weighted by molar-refractivity contribution is -0.116. The number of carbonyl (C=O) groups is 1. The number of nitrogens with one attached hydrogen (secondary N) is 2. The minimum atomic E-state index is -0.367. The summed E-state index contributed by atoms with van der Waals surface area (Å²) in [6.45, 7) is 4.40. The number of fused-ring (bicyclic) bond motifs is 1. The van der Waals surface area contributed by atoms with Gasteiger partial charge in [0.25, 0.3) is 5.56 Å². The number of carbonyl (C=O) groups excluding carboxylic acids is 1. The van der Waals surface area contributed by atoms with E-state index in [4.69, 9.17) is 4.74 Å². The smallest absolute Gasteiger partial charge is 0.257 e. The van der Waals surface area contributed by atoms with Gasteiger partial charge >= 0.3 is 0 Å². The zero-order valence-corrected chi connectivity index (χ0v) is 14.4. The van der Waals surface area contributed by atoms with E-state index in [2.05, 4.69) is 15.3 Å². The molecule has 0 saturated heterocycles. The Labute approximate surface area is 144 Å². The molecule has 0 spiro atoms. The van der Waals surface area contributed by atoms with Crippen molar-refractivity contribution >= 4 is 23.5 Å². The fourth-order valence-corrected chi connectivity index (χ4v) is 3.47. The molecule has 0 radical (unpaired) electrons. The zero-order chi connectivity index (χ0) is 17.1. The van der Waals surface area contributed by atoms with Crippen LogP contribution in [-0.2, 0) is 4.79 Å². The Morgan fingerprint density at radius 3 is 2.83 bits per heavy atom. The summed E-state index contributed by atoms with van der Waals surface area (Å²) in [6.07, 6.45) is 0.197. The van der Waals surface area contributed by atoms with Crippen LogP contribution < -0.4 is 15.6 Å². The number of para-hydroxylation sites is 1. The van der Waals surface area contributed by atoms with Crippen molar-refractivity contribution in [3.8, 4) is 5.75 Å². The number of anilines is 1. The minimum absolute atomic E-state index is 0.149. The molecule has 2 heterocycles. The fraction of sp³-hybridized carbons (Fsp3) is 0.353. The van der Waals surface area contributed by atoms with Crippen molar-refractivity contribution in [3.05, 3.63) is 45.7 Å². The second-order valence-electron chi connectivity index (χ2n) is 5.34. The van der Waals surface area contributed by atoms with Crippen molar-refractivity contribution in [3.63, 3.8) is 0 Å². The number of amides is 1. The average molecular weight is 345 g/mol. The molecule has 0 fully saturated rings. The molecule has 1 aliphatic heterocycles. The van der Waals surface area contributed by atoms with Gasteiger partial charge in [-0.05, 0) is 18.7 Å². The van der Waals surface area contributed by atoms with E-state index in [1.54, 1.807) is 0 Å². The molecule has 0 saturated carbocycles. The largest absolute Gasteiger partial charge is 0.494 e. The number of aromatic nitrogens is 2. The van der Waals surface area contributed by atoms with Gasteiger partial charge in [-0.25, -0.2) is 4.98 Å². The van der Waals surface area contributed by atoms with Crippen molar-refractivity contribution in [1.82, 2.24) is 9.97 Å². The first-order valence-electron chi connectivity index (χ1n) is 7.92. The predicted molar refractivity (Wildman–Crippen MR) is 94.0 cm³/mol. The number of hydrogen-bond donors (Lipinski definition) is 2. The van der Waals surface area contributed by atoms with Gasteiger partial charge in [-0.3, -0.25) is 9.59 Å². The molecule has 3 rings (SSSR count). The SMILES string of the molecule is CCOc1ccccc1[C@H]1CC(=O)Nc2nc(SCC)[nH]c(=O)c21. The summed E-state index contributed by atoms with van der Waals surface area (Å²) in [6, 6.07) is 7.51. The Bertz CT molecular complexity index is 819. The lowest BCUT2D eigenvalue weighted by Gasteiger charge is -2.25. The Morgan fingerprint density at radius 2 is 2.08 bits per heavy atom. The van der Waals surface area contributed by atoms with Gasteiger partial charge in [0.05, 0.1) is 12.2 Å². The minimum Gasteiger partial charge on any atom is -0.494 e. The molecule has 1 amide bonds. The summed E-state index contributed by atoms with van der Waals surface area (Å²) >= 11 is 1.43. The summed E-state index contributed by atoms with van der Waals surface area (Å²) in [4.78, 5) is 32.0. The lowest BCUT2D eigenvalue weighted by Crippen LogP contribution is -2.31. The van der Waals surface area contributed by atoms with Crippen LogP contribution in [0.5, 0.6) is 5.75 Å². The van der Waals surface area contributed by atoms with E-state index in [9.17, 15) is 9.59 Å². The molecule has 0 bridgehead atoms. The second kappa shape index (κ2) is 7.09. The van der Waals surface area contributed by atoms with Crippen molar-refractivity contribution < 1.29 is 9.53 Å². The van der Waals surface area contributed by atoms with Gasteiger partial charge in [-0.1, -0.05) is 36.9 Å². The van der Waals surface area contributed by atoms with Gasteiger partial charge in [0.2, 0.25) is 5.91 Å². The first-order chi connectivity index (χ1) is 11.6. The molecule has 24 heavy (non-hydrogen) atoms. The van der Waals surface area contributed by atoms with E-state index >= 15 is 0 Å². The van der Waals surface area contributed by atoms with Crippen LogP contribution in [0, 0.1) is 0 Å². The third kappa shape index (κ3) is 3.17. The van der Waals surface area contributed by atoms with Gasteiger partial charge in [0, 0.05) is 17.9 Å². The molecule has 1 aromatic carbocycles. The predicted octanol–water partition coefficient (Wildman–Crippen LogP) is 2.75. The van der Waals surface area contributed by atoms with E-state index in [-0.39, 0.29) is 23.8 Å². The van der Waals surface area contributed by atoms with Crippen LogP contribution in [0.15, 0.2) is 34.2 Å². The fourth-order valence-electron chi connectivity index (χ4n) is 2.88.